The predicted molar refractivity (Wildman–Crippen MR) is 97.9 cm³/mol. The fourth-order valence-electron chi connectivity index (χ4n) is 3.23. The number of pyridine rings is 1. The minimum absolute atomic E-state index is 0.0898. The summed E-state index contributed by atoms with van der Waals surface area (Å²) in [7, 11) is 0. The average Bonchev–Trinajstić information content (AvgIpc) is 2.91. The molecule has 1 aliphatic carbocycles. The molecular weight excluding hydrogens is 332 g/mol. The molecular formula is C19H22N4OS. The Balaban J connectivity index is 1.79. The summed E-state index contributed by atoms with van der Waals surface area (Å²) < 4.78 is 1.43. The van der Waals surface area contributed by atoms with Crippen LogP contribution in [0, 0.1) is 25.2 Å². The van der Waals surface area contributed by atoms with Crippen molar-refractivity contribution in [3.05, 3.63) is 40.3 Å². The van der Waals surface area contributed by atoms with Crippen molar-refractivity contribution in [2.75, 3.05) is 5.75 Å². The number of aryl methyl sites for hydroxylation is 4. The highest BCUT2D eigenvalue weighted by molar-refractivity contribution is 8.00. The van der Waals surface area contributed by atoms with Crippen molar-refractivity contribution in [3.8, 4) is 6.07 Å². The molecule has 0 atom stereocenters. The zero-order valence-electron chi connectivity index (χ0n) is 14.7. The van der Waals surface area contributed by atoms with Crippen LogP contribution in [0.2, 0.25) is 0 Å². The Hall–Kier alpha value is -2.13. The first-order chi connectivity index (χ1) is 12.1. The zero-order valence-corrected chi connectivity index (χ0v) is 15.5. The maximum absolute atomic E-state index is 12.4. The van der Waals surface area contributed by atoms with Gasteiger partial charge < -0.3 is 0 Å². The Morgan fingerprint density at radius 3 is 2.68 bits per heavy atom. The molecule has 0 bridgehead atoms. The van der Waals surface area contributed by atoms with Gasteiger partial charge in [0.05, 0.1) is 17.0 Å². The van der Waals surface area contributed by atoms with E-state index in [4.69, 9.17) is 4.98 Å². The van der Waals surface area contributed by atoms with Gasteiger partial charge >= 0.3 is 0 Å². The van der Waals surface area contributed by atoms with Crippen molar-refractivity contribution in [3.63, 3.8) is 0 Å². The Morgan fingerprint density at radius 2 is 2.00 bits per heavy atom. The predicted octanol–water partition coefficient (Wildman–Crippen LogP) is 3.86. The monoisotopic (exact) mass is 354 g/mol. The van der Waals surface area contributed by atoms with Gasteiger partial charge in [0.2, 0.25) is 0 Å². The van der Waals surface area contributed by atoms with Gasteiger partial charge in [0.15, 0.2) is 0 Å². The van der Waals surface area contributed by atoms with E-state index in [1.165, 1.54) is 34.8 Å². The number of carbonyl (C=O) groups excluding carboxylic acids is 1. The fourth-order valence-corrected chi connectivity index (χ4v) is 4.05. The second kappa shape index (κ2) is 7.83. The highest BCUT2D eigenvalue weighted by Gasteiger charge is 2.16. The van der Waals surface area contributed by atoms with Gasteiger partial charge in [-0.2, -0.15) is 10.4 Å². The smallest absolute Gasteiger partial charge is 0.257 e. The van der Waals surface area contributed by atoms with E-state index in [-0.39, 0.29) is 11.7 Å². The quantitative estimate of drug-likeness (QED) is 0.783. The summed E-state index contributed by atoms with van der Waals surface area (Å²) in [5.74, 6) is 0.135. The molecule has 0 spiro atoms. The van der Waals surface area contributed by atoms with Crippen LogP contribution in [0.1, 0.15) is 58.7 Å². The van der Waals surface area contributed by atoms with E-state index in [1.807, 2.05) is 26.0 Å². The van der Waals surface area contributed by atoms with Crippen molar-refractivity contribution in [1.29, 1.82) is 5.26 Å². The molecule has 1 aliphatic rings. The zero-order chi connectivity index (χ0) is 17.8. The topological polar surface area (TPSA) is 71.6 Å². The molecule has 0 radical (unpaired) electrons. The lowest BCUT2D eigenvalue weighted by Gasteiger charge is -2.15. The first-order valence-electron chi connectivity index (χ1n) is 8.70. The molecule has 0 saturated heterocycles. The first kappa shape index (κ1) is 17.7. The number of nitrogens with zero attached hydrogens (tertiary/aromatic N) is 4. The number of nitriles is 1. The summed E-state index contributed by atoms with van der Waals surface area (Å²) in [5.41, 5.74) is 4.53. The van der Waals surface area contributed by atoms with E-state index in [0.29, 0.717) is 10.6 Å². The summed E-state index contributed by atoms with van der Waals surface area (Å²) in [6, 6.07) is 6.10. The molecule has 0 saturated carbocycles. The molecule has 0 amide bonds. The van der Waals surface area contributed by atoms with E-state index >= 15 is 0 Å². The van der Waals surface area contributed by atoms with Gasteiger partial charge in [-0.05, 0) is 57.2 Å². The van der Waals surface area contributed by atoms with Crippen LogP contribution < -0.4 is 0 Å². The Morgan fingerprint density at radius 1 is 1.24 bits per heavy atom. The lowest BCUT2D eigenvalue weighted by atomic mass is 9.96. The molecule has 2 heterocycles. The van der Waals surface area contributed by atoms with Crippen molar-refractivity contribution in [2.45, 2.75) is 57.4 Å². The summed E-state index contributed by atoms with van der Waals surface area (Å²) in [6.07, 6.45) is 6.73. The molecule has 5 nitrogen and oxygen atoms in total. The minimum atomic E-state index is -0.0898. The Labute approximate surface area is 152 Å². The van der Waals surface area contributed by atoms with Gasteiger partial charge in [0.1, 0.15) is 11.1 Å². The van der Waals surface area contributed by atoms with Crippen LogP contribution in [0.5, 0.6) is 0 Å². The number of fused-ring (bicyclic) bond motifs is 1. The van der Waals surface area contributed by atoms with Crippen LogP contribution in [0.4, 0.5) is 0 Å². The van der Waals surface area contributed by atoms with Crippen molar-refractivity contribution >= 4 is 17.7 Å². The van der Waals surface area contributed by atoms with Crippen LogP contribution in [0.25, 0.3) is 0 Å². The molecule has 0 aliphatic heterocycles. The van der Waals surface area contributed by atoms with Crippen molar-refractivity contribution in [2.24, 2.45) is 0 Å². The molecule has 2 aromatic rings. The highest BCUT2D eigenvalue weighted by Crippen LogP contribution is 2.26. The van der Waals surface area contributed by atoms with Crippen LogP contribution in [0.15, 0.2) is 17.2 Å². The van der Waals surface area contributed by atoms with Crippen LogP contribution in [-0.2, 0) is 12.8 Å². The average molecular weight is 354 g/mol. The van der Waals surface area contributed by atoms with E-state index in [1.54, 1.807) is 0 Å². The van der Waals surface area contributed by atoms with E-state index in [0.717, 1.165) is 42.8 Å². The molecule has 0 unspecified atom stereocenters. The van der Waals surface area contributed by atoms with Gasteiger partial charge in [-0.3, -0.25) is 4.79 Å². The molecule has 0 aromatic carbocycles. The Kier molecular flexibility index (Phi) is 5.54. The third kappa shape index (κ3) is 4.10. The van der Waals surface area contributed by atoms with Crippen LogP contribution in [0.3, 0.4) is 0 Å². The normalized spacial score (nSPS) is 14.3. The summed E-state index contributed by atoms with van der Waals surface area (Å²) in [4.78, 5) is 17.1. The number of hydrogen-bond acceptors (Lipinski definition) is 5. The highest BCUT2D eigenvalue weighted by atomic mass is 32.2. The molecule has 25 heavy (non-hydrogen) atoms. The van der Waals surface area contributed by atoms with Crippen molar-refractivity contribution < 1.29 is 4.79 Å². The van der Waals surface area contributed by atoms with Gasteiger partial charge in [-0.1, -0.05) is 24.6 Å². The first-order valence-corrected chi connectivity index (χ1v) is 9.69. The van der Waals surface area contributed by atoms with Gasteiger partial charge in [0.25, 0.3) is 5.91 Å². The number of rotatable bonds is 3. The lowest BCUT2D eigenvalue weighted by molar-refractivity contribution is 0.0924. The summed E-state index contributed by atoms with van der Waals surface area (Å²) in [6.45, 7) is 3.74. The van der Waals surface area contributed by atoms with E-state index in [2.05, 4.69) is 11.2 Å². The molecule has 0 fully saturated rings. The maximum atomic E-state index is 12.4. The standard InChI is InChI=1S/C19H22N4OS/c1-13-9-14(2)23(22-13)18(24)12-25-19-16(11-20)10-15-7-5-3-4-6-8-17(15)21-19/h9-10H,3-8,12H2,1-2H3. The maximum Gasteiger partial charge on any atom is 0.257 e. The lowest BCUT2D eigenvalue weighted by Crippen LogP contribution is -2.16. The number of hydrogen-bond donors (Lipinski definition) is 0. The van der Waals surface area contributed by atoms with E-state index < -0.39 is 0 Å². The fraction of sp³-hybridized carbons (Fsp3) is 0.474. The van der Waals surface area contributed by atoms with Gasteiger partial charge in [-0.15, -0.1) is 0 Å². The minimum Gasteiger partial charge on any atom is -0.272 e. The van der Waals surface area contributed by atoms with Crippen LogP contribution >= 0.6 is 11.8 Å². The molecule has 2 aromatic heterocycles. The largest absolute Gasteiger partial charge is 0.272 e. The third-order valence-corrected chi connectivity index (χ3v) is 5.44. The SMILES string of the molecule is Cc1cc(C)n(C(=O)CSc2nc3c(cc2C#N)CCCCCC3)n1. The van der Waals surface area contributed by atoms with Gasteiger partial charge in [0, 0.05) is 11.4 Å². The third-order valence-electron chi connectivity index (χ3n) is 4.46. The van der Waals surface area contributed by atoms with Crippen LogP contribution in [-0.4, -0.2) is 26.4 Å². The molecule has 3 rings (SSSR count). The second-order valence-electron chi connectivity index (χ2n) is 6.49. The van der Waals surface area contributed by atoms with Gasteiger partial charge in [-0.25, -0.2) is 9.67 Å². The number of aromatic nitrogens is 3. The van der Waals surface area contributed by atoms with E-state index in [9.17, 15) is 10.1 Å². The number of carbonyl (C=O) groups is 1. The molecule has 0 N–H and O–H groups in total. The Bertz CT molecular complexity index is 835. The molecule has 6 heteroatoms. The summed E-state index contributed by atoms with van der Waals surface area (Å²) >= 11 is 1.33. The number of thioether (sulfide) groups is 1. The summed E-state index contributed by atoms with van der Waals surface area (Å²) in [5, 5.41) is 14.4. The molecule has 130 valence electrons. The van der Waals surface area contributed by atoms with Crippen molar-refractivity contribution in [1.82, 2.24) is 14.8 Å². The second-order valence-corrected chi connectivity index (χ2v) is 7.46.